The normalized spacial score (nSPS) is 10.8. The van der Waals surface area contributed by atoms with Gasteiger partial charge in [-0.1, -0.05) is 0 Å². The lowest BCUT2D eigenvalue weighted by molar-refractivity contribution is 0.529. The van der Waals surface area contributed by atoms with Gasteiger partial charge in [-0.15, -0.1) is 0 Å². The van der Waals surface area contributed by atoms with Crippen molar-refractivity contribution >= 4 is 33.4 Å². The van der Waals surface area contributed by atoms with Crippen LogP contribution in [-0.2, 0) is 0 Å². The number of nitrogens with zero attached hydrogens (tertiary/aromatic N) is 4. The highest BCUT2D eigenvalue weighted by Gasteiger charge is 2.09. The minimum absolute atomic E-state index is 0.327. The van der Waals surface area contributed by atoms with Gasteiger partial charge in [-0.25, -0.2) is 4.98 Å². The van der Waals surface area contributed by atoms with Gasteiger partial charge < -0.3 is 10.6 Å². The standard InChI is InChI=1S/C12H17BrN6/c1-7(2)19-6-10(8(3)18-19)16-12-15-5-9(13)11(14-4)17-12/h5-7H,1-4H3,(H2,14,15,16,17). The number of rotatable bonds is 4. The Bertz CT molecular complexity index is 578. The molecule has 0 saturated carbocycles. The van der Waals surface area contributed by atoms with E-state index >= 15 is 0 Å². The molecule has 0 fully saturated rings. The Morgan fingerprint density at radius 2 is 2.11 bits per heavy atom. The first-order valence-electron chi connectivity index (χ1n) is 6.04. The number of halogens is 1. The lowest BCUT2D eigenvalue weighted by Gasteiger charge is -2.06. The molecule has 0 bridgehead atoms. The van der Waals surface area contributed by atoms with Crippen molar-refractivity contribution in [3.8, 4) is 0 Å². The lowest BCUT2D eigenvalue weighted by atomic mass is 10.4. The van der Waals surface area contributed by atoms with Crippen molar-refractivity contribution in [3.63, 3.8) is 0 Å². The fourth-order valence-corrected chi connectivity index (χ4v) is 1.98. The molecule has 0 amide bonds. The first-order valence-corrected chi connectivity index (χ1v) is 6.83. The number of aryl methyl sites for hydroxylation is 1. The van der Waals surface area contributed by atoms with Crippen LogP contribution in [0.5, 0.6) is 0 Å². The maximum atomic E-state index is 4.44. The van der Waals surface area contributed by atoms with Crippen LogP contribution in [0.25, 0.3) is 0 Å². The molecule has 2 heterocycles. The lowest BCUT2D eigenvalue weighted by Crippen LogP contribution is -2.01. The van der Waals surface area contributed by atoms with Gasteiger partial charge >= 0.3 is 0 Å². The summed E-state index contributed by atoms with van der Waals surface area (Å²) in [7, 11) is 1.82. The van der Waals surface area contributed by atoms with E-state index in [-0.39, 0.29) is 0 Å². The van der Waals surface area contributed by atoms with Gasteiger partial charge in [0.25, 0.3) is 0 Å². The van der Waals surface area contributed by atoms with Crippen LogP contribution in [0.2, 0.25) is 0 Å². The second-order valence-corrected chi connectivity index (χ2v) is 5.32. The zero-order valence-electron chi connectivity index (χ0n) is 11.4. The molecule has 2 aromatic rings. The van der Waals surface area contributed by atoms with Crippen molar-refractivity contribution in [2.45, 2.75) is 26.8 Å². The third kappa shape index (κ3) is 3.04. The summed E-state index contributed by atoms with van der Waals surface area (Å²) in [6.07, 6.45) is 3.67. The molecule has 0 spiro atoms. The highest BCUT2D eigenvalue weighted by atomic mass is 79.9. The van der Waals surface area contributed by atoms with Crippen molar-refractivity contribution < 1.29 is 0 Å². The maximum Gasteiger partial charge on any atom is 0.229 e. The molecule has 19 heavy (non-hydrogen) atoms. The fraction of sp³-hybridized carbons (Fsp3) is 0.417. The predicted molar refractivity (Wildman–Crippen MR) is 79.9 cm³/mol. The Morgan fingerprint density at radius 3 is 2.68 bits per heavy atom. The average molecular weight is 325 g/mol. The third-order valence-corrected chi connectivity index (χ3v) is 3.25. The molecule has 2 N–H and O–H groups in total. The average Bonchev–Trinajstić information content (AvgIpc) is 2.73. The summed E-state index contributed by atoms with van der Waals surface area (Å²) in [6, 6.07) is 0.327. The smallest absolute Gasteiger partial charge is 0.229 e. The van der Waals surface area contributed by atoms with Crippen molar-refractivity contribution in [3.05, 3.63) is 22.6 Å². The van der Waals surface area contributed by atoms with Crippen LogP contribution in [0.4, 0.5) is 17.5 Å². The van der Waals surface area contributed by atoms with Gasteiger partial charge in [0.1, 0.15) is 5.82 Å². The summed E-state index contributed by atoms with van der Waals surface area (Å²) < 4.78 is 2.74. The Morgan fingerprint density at radius 1 is 1.37 bits per heavy atom. The topological polar surface area (TPSA) is 67.7 Å². The Labute approximate surface area is 120 Å². The van der Waals surface area contributed by atoms with Gasteiger partial charge in [0.15, 0.2) is 0 Å². The van der Waals surface area contributed by atoms with E-state index in [0.717, 1.165) is 21.7 Å². The minimum atomic E-state index is 0.327. The summed E-state index contributed by atoms with van der Waals surface area (Å²) in [4.78, 5) is 8.60. The Hall–Kier alpha value is -1.63. The molecule has 0 aliphatic carbocycles. The summed E-state index contributed by atoms with van der Waals surface area (Å²) >= 11 is 3.38. The first kappa shape index (κ1) is 13.8. The van der Waals surface area contributed by atoms with Crippen LogP contribution in [0, 0.1) is 6.92 Å². The maximum absolute atomic E-state index is 4.44. The molecule has 0 radical (unpaired) electrons. The quantitative estimate of drug-likeness (QED) is 0.904. The van der Waals surface area contributed by atoms with E-state index in [1.54, 1.807) is 6.20 Å². The van der Waals surface area contributed by atoms with Gasteiger partial charge in [-0.05, 0) is 36.7 Å². The van der Waals surface area contributed by atoms with Crippen LogP contribution < -0.4 is 10.6 Å². The van der Waals surface area contributed by atoms with E-state index in [1.807, 2.05) is 24.9 Å². The fourth-order valence-electron chi connectivity index (χ4n) is 1.59. The molecular formula is C12H17BrN6. The van der Waals surface area contributed by atoms with Crippen LogP contribution in [0.15, 0.2) is 16.9 Å². The summed E-state index contributed by atoms with van der Waals surface area (Å²) in [5, 5.41) is 10.6. The van der Waals surface area contributed by atoms with Crippen molar-refractivity contribution in [1.29, 1.82) is 0 Å². The Kier molecular flexibility index (Phi) is 4.04. The van der Waals surface area contributed by atoms with Crippen molar-refractivity contribution in [2.75, 3.05) is 17.7 Å². The molecule has 0 aromatic carbocycles. The molecule has 0 unspecified atom stereocenters. The van der Waals surface area contributed by atoms with E-state index in [4.69, 9.17) is 0 Å². The number of hydrogen-bond donors (Lipinski definition) is 2. The highest BCUT2D eigenvalue weighted by Crippen LogP contribution is 2.23. The number of nitrogens with one attached hydrogen (secondary N) is 2. The second-order valence-electron chi connectivity index (χ2n) is 4.47. The van der Waals surface area contributed by atoms with E-state index in [1.165, 1.54) is 0 Å². The van der Waals surface area contributed by atoms with Gasteiger partial charge in [0.2, 0.25) is 5.95 Å². The van der Waals surface area contributed by atoms with Gasteiger partial charge in [-0.3, -0.25) is 4.68 Å². The van der Waals surface area contributed by atoms with Crippen LogP contribution in [-0.4, -0.2) is 26.8 Å². The second kappa shape index (κ2) is 5.56. The molecule has 102 valence electrons. The van der Waals surface area contributed by atoms with Crippen LogP contribution in [0.1, 0.15) is 25.6 Å². The number of hydrogen-bond acceptors (Lipinski definition) is 5. The monoisotopic (exact) mass is 324 g/mol. The molecule has 0 saturated heterocycles. The molecule has 6 nitrogen and oxygen atoms in total. The molecule has 2 aromatic heterocycles. The minimum Gasteiger partial charge on any atom is -0.372 e. The van der Waals surface area contributed by atoms with Gasteiger partial charge in [0, 0.05) is 25.5 Å². The summed E-state index contributed by atoms with van der Waals surface area (Å²) in [6.45, 7) is 6.13. The van der Waals surface area contributed by atoms with Crippen LogP contribution >= 0.6 is 15.9 Å². The van der Waals surface area contributed by atoms with E-state index < -0.39 is 0 Å². The molecular weight excluding hydrogens is 308 g/mol. The van der Waals surface area contributed by atoms with Crippen molar-refractivity contribution in [1.82, 2.24) is 19.7 Å². The van der Waals surface area contributed by atoms with Crippen molar-refractivity contribution in [2.24, 2.45) is 0 Å². The zero-order chi connectivity index (χ0) is 14.0. The third-order valence-electron chi connectivity index (χ3n) is 2.67. The predicted octanol–water partition coefficient (Wildman–Crippen LogP) is 3.11. The van der Waals surface area contributed by atoms with E-state index in [2.05, 4.69) is 55.5 Å². The van der Waals surface area contributed by atoms with Gasteiger partial charge in [0.05, 0.1) is 15.9 Å². The number of anilines is 3. The molecule has 0 aliphatic heterocycles. The molecule has 0 aliphatic rings. The van der Waals surface area contributed by atoms with Gasteiger partial charge in [-0.2, -0.15) is 10.1 Å². The molecule has 0 atom stereocenters. The van der Waals surface area contributed by atoms with E-state index in [9.17, 15) is 0 Å². The zero-order valence-corrected chi connectivity index (χ0v) is 13.0. The molecule has 7 heteroatoms. The summed E-state index contributed by atoms with van der Waals surface area (Å²) in [5.74, 6) is 1.28. The number of aromatic nitrogens is 4. The van der Waals surface area contributed by atoms with Crippen LogP contribution in [0.3, 0.4) is 0 Å². The largest absolute Gasteiger partial charge is 0.372 e. The SMILES string of the molecule is CNc1nc(Nc2cn(C(C)C)nc2C)ncc1Br. The Balaban J connectivity index is 2.26. The summed E-state index contributed by atoms with van der Waals surface area (Å²) in [5.41, 5.74) is 1.84. The molecule has 2 rings (SSSR count). The first-order chi connectivity index (χ1) is 9.01. The van der Waals surface area contributed by atoms with E-state index in [0.29, 0.717) is 12.0 Å². The highest BCUT2D eigenvalue weighted by molar-refractivity contribution is 9.10.